The van der Waals surface area contributed by atoms with Crippen molar-refractivity contribution in [1.29, 1.82) is 10.5 Å². The van der Waals surface area contributed by atoms with Crippen molar-refractivity contribution in [3.8, 4) is 51.2 Å². The molecule has 123 heavy (non-hydrogen) atoms. The van der Waals surface area contributed by atoms with Crippen LogP contribution < -0.4 is 9.80 Å². The van der Waals surface area contributed by atoms with Gasteiger partial charge in [-0.2, -0.15) is 10.5 Å². The van der Waals surface area contributed by atoms with Crippen LogP contribution in [0.5, 0.6) is 0 Å². The highest BCUT2D eigenvalue weighted by molar-refractivity contribution is 6.29. The fourth-order valence-corrected chi connectivity index (χ4v) is 17.1. The first-order chi connectivity index (χ1) is 60.8. The molecule has 15 nitrogen and oxygen atoms in total. The van der Waals surface area contributed by atoms with Gasteiger partial charge >= 0.3 is 0 Å². The monoisotopic (exact) mass is 1570 g/mol. The third-order valence-electron chi connectivity index (χ3n) is 22.5. The molecule has 22 aromatic rings. The molecule has 18 aromatic carbocycles. The van der Waals surface area contributed by atoms with Crippen LogP contribution in [0.2, 0.25) is 0 Å². The van der Waals surface area contributed by atoms with Crippen molar-refractivity contribution in [3.63, 3.8) is 0 Å². The lowest BCUT2D eigenvalue weighted by molar-refractivity contribution is 1.18. The van der Waals surface area contributed by atoms with Crippen molar-refractivity contribution in [2.75, 3.05) is 9.80 Å². The zero-order chi connectivity index (χ0) is 83.0. The normalized spacial score (nSPS) is 11.0. The molecular weight excluding hydrogens is 1510 g/mol. The van der Waals surface area contributed by atoms with Crippen molar-refractivity contribution in [1.82, 2.24) is 34.5 Å². The lowest BCUT2D eigenvalue weighted by atomic mass is 9.86. The van der Waals surface area contributed by atoms with E-state index in [1.165, 1.54) is 120 Å². The summed E-state index contributed by atoms with van der Waals surface area (Å²) in [4.78, 5) is 42.3. The highest BCUT2D eigenvalue weighted by atomic mass is 15.2. The Morgan fingerprint density at radius 1 is 0.244 bits per heavy atom. The van der Waals surface area contributed by atoms with Gasteiger partial charge in [0.1, 0.15) is 23.2 Å². The number of rotatable bonds is 10. The molecule has 0 bridgehead atoms. The predicted octanol–water partition coefficient (Wildman–Crippen LogP) is 28.8. The minimum Gasteiger partial charge on any atom is -0.370 e. The average Bonchev–Trinajstić information content (AvgIpc) is 1.39. The van der Waals surface area contributed by atoms with Gasteiger partial charge < -0.3 is 33.7 Å². The van der Waals surface area contributed by atoms with E-state index < -0.39 is 0 Å². The molecule has 0 N–H and O–H groups in total. The summed E-state index contributed by atoms with van der Waals surface area (Å²) in [5.41, 5.74) is 17.3. The number of aromatic nitrogens is 7. The number of para-hydroxylation sites is 2. The summed E-state index contributed by atoms with van der Waals surface area (Å²) < 4.78 is 2.45. The second kappa shape index (κ2) is 31.5. The van der Waals surface area contributed by atoms with Crippen molar-refractivity contribution >= 4 is 177 Å². The Kier molecular flexibility index (Phi) is 18.9. The third kappa shape index (κ3) is 13.0. The van der Waals surface area contributed by atoms with Crippen molar-refractivity contribution in [2.24, 2.45) is 0 Å². The van der Waals surface area contributed by atoms with Crippen LogP contribution in [0.25, 0.3) is 178 Å². The molecule has 0 amide bonds. The highest BCUT2D eigenvalue weighted by Gasteiger charge is 2.31. The SMILES string of the molecule is [C-]#[N+]c1nc2c3nc(C#N)c(C#N)nc3c3nc([N+]#[C-])c([N+]#[C-])nc3c2nc1[N+]#[C-].c1ccc(-c2c3ccccc3c(-c3ccc(-n4c5ccc6ccccc6c5c5c6ccccc6ccc54)cc3)c3ccccc23)cc1.c1ccc(N(c2ccc(-c3ccc(N(c4ccccc4)c4cccc5ccccc45)cc3)cc2)c2cccc3ccccc23)cc1. The third-order valence-corrected chi connectivity index (χ3v) is 22.5. The number of anilines is 6. The molecule has 15 heteroatoms. The van der Waals surface area contributed by atoms with Crippen LogP contribution in [0.4, 0.5) is 57.4 Å². The number of hydrogen-bond donors (Lipinski definition) is 0. The van der Waals surface area contributed by atoms with Gasteiger partial charge in [-0.05, 0) is 172 Å². The molecule has 0 saturated heterocycles. The van der Waals surface area contributed by atoms with E-state index in [-0.39, 0.29) is 67.8 Å². The van der Waals surface area contributed by atoms with E-state index in [4.69, 9.17) is 26.3 Å². The van der Waals surface area contributed by atoms with Gasteiger partial charge in [0.25, 0.3) is 34.3 Å². The maximum Gasteiger partial charge on any atom is 0.294 e. The van der Waals surface area contributed by atoms with Crippen LogP contribution in [0.15, 0.2) is 370 Å². The largest absolute Gasteiger partial charge is 0.370 e. The van der Waals surface area contributed by atoms with E-state index in [9.17, 15) is 10.5 Å². The standard InChI is InChI=1S/C46H29N.C44H32N2.C18N12/c1-2-14-32(15-3-1)43-37-18-8-10-20-39(37)44(40-21-11-9-19-38(40)43)33-22-26-34(27-23-33)47-41-28-24-30-12-4-6-16-35(30)45(41)46-36-17-7-5-13-31(36)25-29-42(46)47;1-3-17-37(18-4-1)45(43-23-11-15-35-13-7-9-21-41(35)43)39-29-25-33(26-30-39)34-27-31-40(32-28-34)46(38-19-5-2-6-20-38)44-24-12-16-36-14-8-10-22-42(36)44;1-21-15-17(23-3)29-13-11(27-15)9-10(26-8(6-20)7(5-19)25-9)12-14(13)30-18(24-4)16(22-2)28-12/h1-29H;1-32H;. The molecule has 4 aromatic heterocycles. The highest BCUT2D eigenvalue weighted by Crippen LogP contribution is 2.48. The van der Waals surface area contributed by atoms with Crippen molar-refractivity contribution in [3.05, 3.63) is 427 Å². The lowest BCUT2D eigenvalue weighted by Crippen LogP contribution is -2.10. The van der Waals surface area contributed by atoms with Crippen molar-refractivity contribution < 1.29 is 0 Å². The first kappa shape index (κ1) is 73.7. The van der Waals surface area contributed by atoms with Gasteiger partial charge in [0.05, 0.1) is 22.4 Å². The smallest absolute Gasteiger partial charge is 0.294 e. The summed E-state index contributed by atoms with van der Waals surface area (Å²) in [6.45, 7) is 29.0. The summed E-state index contributed by atoms with van der Waals surface area (Å²) in [6.07, 6.45) is 0. The first-order valence-corrected chi connectivity index (χ1v) is 39.7. The Labute approximate surface area is 705 Å². The molecule has 0 atom stereocenters. The van der Waals surface area contributed by atoms with Crippen LogP contribution in [-0.2, 0) is 0 Å². The van der Waals surface area contributed by atoms with Crippen LogP contribution in [-0.4, -0.2) is 34.5 Å². The second-order valence-electron chi connectivity index (χ2n) is 29.3. The number of hydrogen-bond acceptors (Lipinski definition) is 10. The van der Waals surface area contributed by atoms with Crippen LogP contribution in [0.1, 0.15) is 11.4 Å². The zero-order valence-corrected chi connectivity index (χ0v) is 65.4. The molecule has 0 aliphatic heterocycles. The lowest BCUT2D eigenvalue weighted by Gasteiger charge is -2.27. The molecule has 4 heterocycles. The minimum absolute atomic E-state index is 0.00257. The minimum atomic E-state index is -0.293. The topological polar surface area (TPSA) is 154 Å². The van der Waals surface area contributed by atoms with Gasteiger partial charge in [-0.15, -0.1) is 19.9 Å². The average molecular weight is 1570 g/mol. The van der Waals surface area contributed by atoms with E-state index in [0.717, 1.165) is 39.8 Å². The van der Waals surface area contributed by atoms with E-state index in [1.54, 1.807) is 12.1 Å². The summed E-state index contributed by atoms with van der Waals surface area (Å²) in [5.74, 6) is -1.17. The van der Waals surface area contributed by atoms with Crippen LogP contribution in [0.3, 0.4) is 0 Å². The molecular formula is C108H61N15. The Morgan fingerprint density at radius 3 is 0.870 bits per heavy atom. The van der Waals surface area contributed by atoms with Crippen LogP contribution in [0, 0.1) is 49.0 Å². The fourth-order valence-electron chi connectivity index (χ4n) is 17.1. The number of nitriles is 2. The van der Waals surface area contributed by atoms with Gasteiger partial charge in [-0.3, -0.25) is 0 Å². The summed E-state index contributed by atoms with van der Waals surface area (Å²) in [5, 5.41) is 36.3. The molecule has 0 saturated carbocycles. The predicted molar refractivity (Wildman–Crippen MR) is 498 cm³/mol. The van der Waals surface area contributed by atoms with E-state index >= 15 is 0 Å². The number of fused-ring (bicyclic) bond motifs is 17. The van der Waals surface area contributed by atoms with E-state index in [0.29, 0.717) is 0 Å². The van der Waals surface area contributed by atoms with Crippen LogP contribution >= 0.6 is 0 Å². The van der Waals surface area contributed by atoms with E-state index in [1.807, 2.05) is 0 Å². The molecule has 0 spiro atoms. The summed E-state index contributed by atoms with van der Waals surface area (Å²) >= 11 is 0. The molecule has 0 radical (unpaired) electrons. The Balaban J connectivity index is 0.000000120. The second-order valence-corrected chi connectivity index (χ2v) is 29.3. The molecule has 0 unspecified atom stereocenters. The quantitative estimate of drug-likeness (QED) is 0.0734. The first-order valence-electron chi connectivity index (χ1n) is 39.7. The summed E-state index contributed by atoms with van der Waals surface area (Å²) in [6, 6.07) is 137. The summed E-state index contributed by atoms with van der Waals surface area (Å²) in [7, 11) is 0. The zero-order valence-electron chi connectivity index (χ0n) is 65.4. The van der Waals surface area contributed by atoms with Gasteiger partial charge in [0.15, 0.2) is 11.4 Å². The number of nitrogens with zero attached hydrogens (tertiary/aromatic N) is 15. The molecule has 568 valence electrons. The van der Waals surface area contributed by atoms with Gasteiger partial charge in [-0.1, -0.05) is 311 Å². The van der Waals surface area contributed by atoms with E-state index in [2.05, 4.69) is 434 Å². The maximum atomic E-state index is 9.30. The molecule has 0 aliphatic rings. The van der Waals surface area contributed by atoms with Gasteiger partial charge in [0.2, 0.25) is 11.0 Å². The molecule has 0 aliphatic carbocycles. The molecule has 22 rings (SSSR count). The Hall–Kier alpha value is -18.1. The Morgan fingerprint density at radius 2 is 0.520 bits per heavy atom. The molecule has 0 fully saturated rings. The fraction of sp³-hybridized carbons (Fsp3) is 0. The Bertz CT molecular complexity index is 7640. The number of benzene rings is 18. The van der Waals surface area contributed by atoms with Crippen molar-refractivity contribution in [2.45, 2.75) is 0 Å². The van der Waals surface area contributed by atoms with Gasteiger partial charge in [0, 0.05) is 50.0 Å². The maximum absolute atomic E-state index is 9.30. The van der Waals surface area contributed by atoms with Gasteiger partial charge in [-0.25, -0.2) is 9.97 Å².